The summed E-state index contributed by atoms with van der Waals surface area (Å²) in [6.07, 6.45) is 5.68. The maximum absolute atomic E-state index is 12.5. The molecule has 1 N–H and O–H groups in total. The molecule has 0 radical (unpaired) electrons. The lowest BCUT2D eigenvalue weighted by atomic mass is 9.86. The highest BCUT2D eigenvalue weighted by atomic mass is 16.5. The monoisotopic (exact) mass is 283 g/mol. The standard InChI is InChI=1S/C16H29NO3/c1-3-5-16(19,6-4-2)11-14(18)17-9-7-15(12-17)8-10-20-13-15/h19H,3-13H2,1-2H3/t15-/m1/s1. The van der Waals surface area contributed by atoms with Crippen molar-refractivity contribution in [3.8, 4) is 0 Å². The van der Waals surface area contributed by atoms with Gasteiger partial charge in [-0.05, 0) is 25.7 Å². The molecule has 2 saturated heterocycles. The number of carbonyl (C=O) groups excluding carboxylic acids is 1. The predicted octanol–water partition coefficient (Wildman–Crippen LogP) is 2.35. The van der Waals surface area contributed by atoms with Crippen LogP contribution in [0.25, 0.3) is 0 Å². The minimum absolute atomic E-state index is 0.123. The van der Waals surface area contributed by atoms with Crippen LogP contribution in [0.2, 0.25) is 0 Å². The van der Waals surface area contributed by atoms with Gasteiger partial charge < -0.3 is 14.7 Å². The van der Waals surface area contributed by atoms with Crippen molar-refractivity contribution >= 4 is 5.91 Å². The van der Waals surface area contributed by atoms with Gasteiger partial charge in [0.05, 0.1) is 18.6 Å². The summed E-state index contributed by atoms with van der Waals surface area (Å²) in [6, 6.07) is 0. The van der Waals surface area contributed by atoms with Crippen molar-refractivity contribution in [2.75, 3.05) is 26.3 Å². The number of rotatable bonds is 6. The van der Waals surface area contributed by atoms with E-state index in [1.54, 1.807) is 0 Å². The SMILES string of the molecule is CCCC(O)(CCC)CC(=O)N1CC[C@@]2(CCOC2)C1. The quantitative estimate of drug-likeness (QED) is 0.814. The number of nitrogens with zero attached hydrogens (tertiary/aromatic N) is 1. The molecule has 2 aliphatic heterocycles. The molecule has 0 aliphatic carbocycles. The van der Waals surface area contributed by atoms with Crippen molar-refractivity contribution in [1.82, 2.24) is 4.90 Å². The number of ether oxygens (including phenoxy) is 1. The third kappa shape index (κ3) is 3.53. The molecule has 4 nitrogen and oxygen atoms in total. The van der Waals surface area contributed by atoms with Crippen LogP contribution in [0.15, 0.2) is 0 Å². The summed E-state index contributed by atoms with van der Waals surface area (Å²) in [4.78, 5) is 14.4. The van der Waals surface area contributed by atoms with Crippen LogP contribution in [0.1, 0.15) is 58.8 Å². The summed E-state index contributed by atoms with van der Waals surface area (Å²) in [5.74, 6) is 0.123. The van der Waals surface area contributed by atoms with Gasteiger partial charge in [-0.25, -0.2) is 0 Å². The molecule has 0 aromatic rings. The second-order valence-corrected chi connectivity index (χ2v) is 6.77. The van der Waals surface area contributed by atoms with Crippen molar-refractivity contribution in [3.63, 3.8) is 0 Å². The average Bonchev–Trinajstić information content (AvgIpc) is 3.01. The summed E-state index contributed by atoms with van der Waals surface area (Å²) in [5, 5.41) is 10.6. The van der Waals surface area contributed by atoms with E-state index in [2.05, 4.69) is 13.8 Å². The van der Waals surface area contributed by atoms with Gasteiger partial charge in [-0.1, -0.05) is 26.7 Å². The Balaban J connectivity index is 1.91. The van der Waals surface area contributed by atoms with E-state index in [-0.39, 0.29) is 17.7 Å². The van der Waals surface area contributed by atoms with Gasteiger partial charge in [-0.2, -0.15) is 0 Å². The van der Waals surface area contributed by atoms with Crippen molar-refractivity contribution in [2.24, 2.45) is 5.41 Å². The van der Waals surface area contributed by atoms with Crippen LogP contribution in [0.4, 0.5) is 0 Å². The fourth-order valence-corrected chi connectivity index (χ4v) is 3.75. The zero-order valence-electron chi connectivity index (χ0n) is 13.0. The smallest absolute Gasteiger partial charge is 0.225 e. The molecule has 1 amide bonds. The van der Waals surface area contributed by atoms with Crippen LogP contribution in [0, 0.1) is 5.41 Å². The molecule has 1 atom stereocenters. The second-order valence-electron chi connectivity index (χ2n) is 6.77. The number of carbonyl (C=O) groups is 1. The van der Waals surface area contributed by atoms with Crippen LogP contribution in [0.5, 0.6) is 0 Å². The Kier molecular flexibility index (Phi) is 5.08. The number of hydrogen-bond acceptors (Lipinski definition) is 3. The van der Waals surface area contributed by atoms with Crippen molar-refractivity contribution in [3.05, 3.63) is 0 Å². The highest BCUT2D eigenvalue weighted by Gasteiger charge is 2.43. The molecule has 116 valence electrons. The van der Waals surface area contributed by atoms with Crippen LogP contribution in [-0.2, 0) is 9.53 Å². The summed E-state index contributed by atoms with van der Waals surface area (Å²) >= 11 is 0. The topological polar surface area (TPSA) is 49.8 Å². The molecule has 0 unspecified atom stereocenters. The Labute approximate surface area is 122 Å². The van der Waals surface area contributed by atoms with Gasteiger partial charge in [-0.3, -0.25) is 4.79 Å². The van der Waals surface area contributed by atoms with Gasteiger partial charge in [0, 0.05) is 25.1 Å². The molecule has 4 heteroatoms. The number of likely N-dealkylation sites (tertiary alicyclic amines) is 1. The molecule has 0 aromatic carbocycles. The van der Waals surface area contributed by atoms with E-state index in [1.807, 2.05) is 4.90 Å². The Morgan fingerprint density at radius 1 is 1.30 bits per heavy atom. The first-order chi connectivity index (χ1) is 9.52. The maximum atomic E-state index is 12.5. The van der Waals surface area contributed by atoms with Gasteiger partial charge in [0.15, 0.2) is 0 Å². The highest BCUT2D eigenvalue weighted by molar-refractivity contribution is 5.77. The molecule has 0 aromatic heterocycles. The summed E-state index contributed by atoms with van der Waals surface area (Å²) in [5.41, 5.74) is -0.591. The second kappa shape index (κ2) is 6.44. The van der Waals surface area contributed by atoms with E-state index in [4.69, 9.17) is 4.74 Å². The Morgan fingerprint density at radius 3 is 2.55 bits per heavy atom. The fraction of sp³-hybridized carbons (Fsp3) is 0.938. The summed E-state index contributed by atoms with van der Waals surface area (Å²) in [7, 11) is 0. The summed E-state index contributed by atoms with van der Waals surface area (Å²) < 4.78 is 5.50. The molecule has 0 saturated carbocycles. The first kappa shape index (κ1) is 15.8. The molecule has 20 heavy (non-hydrogen) atoms. The predicted molar refractivity (Wildman–Crippen MR) is 78.4 cm³/mol. The lowest BCUT2D eigenvalue weighted by Gasteiger charge is -2.30. The minimum Gasteiger partial charge on any atom is -0.389 e. The average molecular weight is 283 g/mol. The van der Waals surface area contributed by atoms with Gasteiger partial charge >= 0.3 is 0 Å². The van der Waals surface area contributed by atoms with E-state index in [0.29, 0.717) is 12.8 Å². The number of aliphatic hydroxyl groups is 1. The number of hydrogen-bond donors (Lipinski definition) is 1. The van der Waals surface area contributed by atoms with E-state index >= 15 is 0 Å². The van der Waals surface area contributed by atoms with Gasteiger partial charge in [-0.15, -0.1) is 0 Å². The Morgan fingerprint density at radius 2 is 2.00 bits per heavy atom. The Bertz CT molecular complexity index is 331. The maximum Gasteiger partial charge on any atom is 0.225 e. The van der Waals surface area contributed by atoms with Crippen LogP contribution >= 0.6 is 0 Å². The van der Waals surface area contributed by atoms with Crippen molar-refractivity contribution in [2.45, 2.75) is 64.4 Å². The molecule has 2 rings (SSSR count). The van der Waals surface area contributed by atoms with Gasteiger partial charge in [0.2, 0.25) is 5.91 Å². The van der Waals surface area contributed by atoms with Crippen LogP contribution in [0.3, 0.4) is 0 Å². The first-order valence-corrected chi connectivity index (χ1v) is 8.10. The molecule has 2 fully saturated rings. The zero-order valence-corrected chi connectivity index (χ0v) is 13.0. The number of amides is 1. The zero-order chi connectivity index (χ0) is 14.6. The van der Waals surface area contributed by atoms with Gasteiger partial charge in [0.1, 0.15) is 0 Å². The lowest BCUT2D eigenvalue weighted by molar-refractivity contribution is -0.136. The Hall–Kier alpha value is -0.610. The third-order valence-electron chi connectivity index (χ3n) is 4.89. The van der Waals surface area contributed by atoms with Gasteiger partial charge in [0.25, 0.3) is 0 Å². The molecule has 1 spiro atoms. The lowest BCUT2D eigenvalue weighted by Crippen LogP contribution is -2.39. The molecular weight excluding hydrogens is 254 g/mol. The third-order valence-corrected chi connectivity index (χ3v) is 4.89. The fourth-order valence-electron chi connectivity index (χ4n) is 3.75. The minimum atomic E-state index is -0.803. The normalized spacial score (nSPS) is 26.6. The summed E-state index contributed by atoms with van der Waals surface area (Å²) in [6.45, 7) is 7.40. The van der Waals surface area contributed by atoms with Crippen LogP contribution in [-0.4, -0.2) is 47.8 Å². The highest BCUT2D eigenvalue weighted by Crippen LogP contribution is 2.39. The van der Waals surface area contributed by atoms with E-state index in [0.717, 1.165) is 52.0 Å². The van der Waals surface area contributed by atoms with Crippen LogP contribution < -0.4 is 0 Å². The van der Waals surface area contributed by atoms with Crippen molar-refractivity contribution < 1.29 is 14.6 Å². The van der Waals surface area contributed by atoms with E-state index in [9.17, 15) is 9.90 Å². The molecular formula is C16H29NO3. The largest absolute Gasteiger partial charge is 0.389 e. The molecule has 2 heterocycles. The first-order valence-electron chi connectivity index (χ1n) is 8.10. The molecule has 2 aliphatic rings. The van der Waals surface area contributed by atoms with Crippen molar-refractivity contribution in [1.29, 1.82) is 0 Å². The van der Waals surface area contributed by atoms with E-state index in [1.165, 1.54) is 0 Å². The molecule has 0 bridgehead atoms. The van der Waals surface area contributed by atoms with E-state index < -0.39 is 5.60 Å².